The quantitative estimate of drug-likeness (QED) is 0.750. The number of nitrogens with two attached hydrogens (primary N) is 1. The highest BCUT2D eigenvalue weighted by Gasteiger charge is 2.18. The lowest BCUT2D eigenvalue weighted by atomic mass is 10.0. The van der Waals surface area contributed by atoms with Gasteiger partial charge in [0.05, 0.1) is 12.6 Å². The summed E-state index contributed by atoms with van der Waals surface area (Å²) in [6, 6.07) is 8.41. The molecule has 0 heterocycles. The van der Waals surface area contributed by atoms with E-state index in [1.807, 2.05) is 25.1 Å². The number of ether oxygens (including phenoxy) is 1. The fraction of sp³-hybridized carbons (Fsp3) is 0.625. The molecule has 4 nitrogen and oxygen atoms in total. The minimum absolute atomic E-state index is 0.208. The highest BCUT2D eigenvalue weighted by molar-refractivity contribution is 5.36. The van der Waals surface area contributed by atoms with Crippen molar-refractivity contribution < 1.29 is 4.74 Å². The molecule has 0 spiro atoms. The predicted molar refractivity (Wildman–Crippen MR) is 85.2 cm³/mol. The van der Waals surface area contributed by atoms with E-state index in [4.69, 9.17) is 10.5 Å². The molecule has 114 valence electrons. The average Bonchev–Trinajstić information content (AvgIpc) is 2.41. The van der Waals surface area contributed by atoms with E-state index in [9.17, 15) is 0 Å². The first kappa shape index (κ1) is 17.0. The van der Waals surface area contributed by atoms with Gasteiger partial charge in [0.1, 0.15) is 5.75 Å². The molecule has 0 saturated carbocycles. The summed E-state index contributed by atoms with van der Waals surface area (Å²) in [6.45, 7) is 5.41. The lowest BCUT2D eigenvalue weighted by Gasteiger charge is -2.29. The van der Waals surface area contributed by atoms with Gasteiger partial charge in [-0.3, -0.25) is 4.90 Å². The number of nitrogens with zero attached hydrogens (tertiary/aromatic N) is 2. The van der Waals surface area contributed by atoms with Crippen molar-refractivity contribution in [3.63, 3.8) is 0 Å². The van der Waals surface area contributed by atoms with E-state index in [0.717, 1.165) is 25.3 Å². The third-order valence-electron chi connectivity index (χ3n) is 3.45. The van der Waals surface area contributed by atoms with Gasteiger partial charge in [-0.25, -0.2) is 0 Å². The second-order valence-corrected chi connectivity index (χ2v) is 5.36. The maximum absolute atomic E-state index is 5.99. The van der Waals surface area contributed by atoms with E-state index in [1.54, 1.807) is 0 Å². The number of likely N-dealkylation sites (N-methyl/N-ethyl adjacent to an activating group) is 1. The van der Waals surface area contributed by atoms with E-state index in [1.165, 1.54) is 5.56 Å². The second kappa shape index (κ2) is 8.95. The molecule has 1 atom stereocenters. The van der Waals surface area contributed by atoms with Crippen LogP contribution >= 0.6 is 0 Å². The van der Waals surface area contributed by atoms with Crippen LogP contribution in [0, 0.1) is 0 Å². The van der Waals surface area contributed by atoms with Crippen LogP contribution in [0.15, 0.2) is 24.3 Å². The molecule has 0 fully saturated rings. The van der Waals surface area contributed by atoms with Gasteiger partial charge in [-0.15, -0.1) is 0 Å². The number of rotatable bonds is 9. The van der Waals surface area contributed by atoms with E-state index in [0.29, 0.717) is 13.2 Å². The van der Waals surface area contributed by atoms with E-state index in [2.05, 4.69) is 37.0 Å². The van der Waals surface area contributed by atoms with E-state index < -0.39 is 0 Å². The molecule has 2 N–H and O–H groups in total. The van der Waals surface area contributed by atoms with Crippen LogP contribution in [0.4, 0.5) is 0 Å². The SMILES string of the molecule is CCOc1ccccc1C(CN)N(C)CCCN(C)C. The number of para-hydroxylation sites is 1. The van der Waals surface area contributed by atoms with Gasteiger partial charge in [0.15, 0.2) is 0 Å². The molecule has 0 amide bonds. The summed E-state index contributed by atoms with van der Waals surface area (Å²) in [5.41, 5.74) is 7.18. The molecule has 1 aromatic rings. The monoisotopic (exact) mass is 279 g/mol. The molecule has 4 heteroatoms. The summed E-state index contributed by atoms with van der Waals surface area (Å²) in [5, 5.41) is 0. The van der Waals surface area contributed by atoms with Crippen LogP contribution in [0.1, 0.15) is 24.9 Å². The number of hydrogen-bond donors (Lipinski definition) is 1. The maximum Gasteiger partial charge on any atom is 0.124 e. The first-order valence-electron chi connectivity index (χ1n) is 7.36. The fourth-order valence-corrected chi connectivity index (χ4v) is 2.38. The molecule has 0 aliphatic heterocycles. The van der Waals surface area contributed by atoms with Crippen LogP contribution in [0.2, 0.25) is 0 Å². The van der Waals surface area contributed by atoms with Gasteiger partial charge < -0.3 is 15.4 Å². The summed E-state index contributed by atoms with van der Waals surface area (Å²) in [5.74, 6) is 0.949. The smallest absolute Gasteiger partial charge is 0.124 e. The molecule has 0 radical (unpaired) electrons. The lowest BCUT2D eigenvalue weighted by molar-refractivity contribution is 0.228. The molecule has 1 rings (SSSR count). The Kier molecular flexibility index (Phi) is 7.59. The Labute approximate surface area is 123 Å². The highest BCUT2D eigenvalue weighted by atomic mass is 16.5. The molecule has 0 aliphatic rings. The Bertz CT molecular complexity index is 382. The van der Waals surface area contributed by atoms with Crippen LogP contribution in [-0.2, 0) is 0 Å². The van der Waals surface area contributed by atoms with Gasteiger partial charge in [-0.05, 0) is 53.6 Å². The average molecular weight is 279 g/mol. The Morgan fingerprint density at radius 3 is 2.45 bits per heavy atom. The molecular formula is C16H29N3O. The third kappa shape index (κ3) is 5.12. The lowest BCUT2D eigenvalue weighted by Crippen LogP contribution is -2.32. The number of hydrogen-bond acceptors (Lipinski definition) is 4. The normalized spacial score (nSPS) is 12.9. The van der Waals surface area contributed by atoms with Crippen molar-refractivity contribution in [1.82, 2.24) is 9.80 Å². The zero-order valence-electron chi connectivity index (χ0n) is 13.3. The Morgan fingerprint density at radius 1 is 1.15 bits per heavy atom. The first-order chi connectivity index (χ1) is 9.60. The second-order valence-electron chi connectivity index (χ2n) is 5.36. The zero-order chi connectivity index (χ0) is 15.0. The molecule has 0 aromatic heterocycles. The predicted octanol–water partition coefficient (Wildman–Crippen LogP) is 1.97. The van der Waals surface area contributed by atoms with Crippen molar-refractivity contribution in [3.8, 4) is 5.75 Å². The summed E-state index contributed by atoms with van der Waals surface area (Å²) >= 11 is 0. The molecule has 0 aliphatic carbocycles. The summed E-state index contributed by atoms with van der Waals surface area (Å²) in [7, 11) is 6.34. The molecule has 20 heavy (non-hydrogen) atoms. The van der Waals surface area contributed by atoms with E-state index in [-0.39, 0.29) is 6.04 Å². The van der Waals surface area contributed by atoms with Crippen LogP contribution < -0.4 is 10.5 Å². The van der Waals surface area contributed by atoms with Gasteiger partial charge in [0.25, 0.3) is 0 Å². The van der Waals surface area contributed by atoms with Crippen molar-refractivity contribution in [2.24, 2.45) is 5.73 Å². The fourth-order valence-electron chi connectivity index (χ4n) is 2.38. The maximum atomic E-state index is 5.99. The van der Waals surface area contributed by atoms with Crippen LogP contribution in [0.5, 0.6) is 5.75 Å². The Balaban J connectivity index is 2.73. The van der Waals surface area contributed by atoms with Crippen LogP contribution in [0.3, 0.4) is 0 Å². The van der Waals surface area contributed by atoms with Gasteiger partial charge in [-0.2, -0.15) is 0 Å². The van der Waals surface area contributed by atoms with Gasteiger partial charge >= 0.3 is 0 Å². The van der Waals surface area contributed by atoms with Crippen LogP contribution in [0.25, 0.3) is 0 Å². The van der Waals surface area contributed by atoms with Crippen molar-refractivity contribution >= 4 is 0 Å². The summed E-state index contributed by atoms with van der Waals surface area (Å²) in [6.07, 6.45) is 1.14. The van der Waals surface area contributed by atoms with Crippen molar-refractivity contribution in [2.75, 3.05) is 47.4 Å². The minimum atomic E-state index is 0.208. The largest absolute Gasteiger partial charge is 0.494 e. The summed E-state index contributed by atoms with van der Waals surface area (Å²) < 4.78 is 5.72. The standard InChI is InChI=1S/C16H29N3O/c1-5-20-16-10-7-6-9-14(16)15(13-17)19(4)12-8-11-18(2)3/h6-7,9-10,15H,5,8,11-13,17H2,1-4H3. The van der Waals surface area contributed by atoms with E-state index >= 15 is 0 Å². The highest BCUT2D eigenvalue weighted by Crippen LogP contribution is 2.28. The van der Waals surface area contributed by atoms with Crippen molar-refractivity contribution in [3.05, 3.63) is 29.8 Å². The summed E-state index contributed by atoms with van der Waals surface area (Å²) in [4.78, 5) is 4.53. The van der Waals surface area contributed by atoms with Gasteiger partial charge in [-0.1, -0.05) is 18.2 Å². The molecule has 0 saturated heterocycles. The van der Waals surface area contributed by atoms with Gasteiger partial charge in [0, 0.05) is 12.1 Å². The zero-order valence-corrected chi connectivity index (χ0v) is 13.3. The first-order valence-corrected chi connectivity index (χ1v) is 7.36. The van der Waals surface area contributed by atoms with Crippen molar-refractivity contribution in [2.45, 2.75) is 19.4 Å². The topological polar surface area (TPSA) is 41.7 Å². The molecule has 1 aromatic carbocycles. The molecular weight excluding hydrogens is 250 g/mol. The molecule has 0 bridgehead atoms. The van der Waals surface area contributed by atoms with Gasteiger partial charge in [0.2, 0.25) is 0 Å². The molecule has 1 unspecified atom stereocenters. The Morgan fingerprint density at radius 2 is 1.85 bits per heavy atom. The third-order valence-corrected chi connectivity index (χ3v) is 3.45. The van der Waals surface area contributed by atoms with Crippen LogP contribution in [-0.4, -0.2) is 57.2 Å². The van der Waals surface area contributed by atoms with Crippen molar-refractivity contribution in [1.29, 1.82) is 0 Å². The minimum Gasteiger partial charge on any atom is -0.494 e. The Hall–Kier alpha value is -1.10. The number of benzene rings is 1.